The summed E-state index contributed by atoms with van der Waals surface area (Å²) in [6, 6.07) is 23.8. The van der Waals surface area contributed by atoms with E-state index in [9.17, 15) is 9.59 Å². The van der Waals surface area contributed by atoms with Gasteiger partial charge in [0.1, 0.15) is 6.29 Å². The number of amides is 1. The van der Waals surface area contributed by atoms with E-state index in [0.717, 1.165) is 41.8 Å². The molecule has 0 aliphatic carbocycles. The van der Waals surface area contributed by atoms with Crippen LogP contribution in [0.2, 0.25) is 0 Å². The molecular weight excluding hydrogens is 392 g/mol. The Morgan fingerprint density at radius 3 is 2.17 bits per heavy atom. The number of carbonyl (C=O) groups is 2. The predicted octanol–water partition coefficient (Wildman–Crippen LogP) is 4.85. The molecule has 0 bridgehead atoms. The first-order valence-corrected chi connectivity index (χ1v) is 11.2. The molecule has 1 aliphatic heterocycles. The third-order valence-corrected chi connectivity index (χ3v) is 6.26. The number of benzene rings is 3. The Morgan fingerprint density at radius 1 is 0.867 bits per heavy atom. The van der Waals surface area contributed by atoms with E-state index in [1.165, 1.54) is 4.90 Å². The van der Waals surface area contributed by atoms with Crippen LogP contribution in [0.25, 0.3) is 11.1 Å². The van der Waals surface area contributed by atoms with Gasteiger partial charge in [-0.3, -0.25) is 9.59 Å². The van der Waals surface area contributed by atoms with Crippen LogP contribution in [0.3, 0.4) is 0 Å². The molecule has 152 valence electrons. The molecule has 0 N–H and O–H groups in total. The average Bonchev–Trinajstić information content (AvgIpc) is 2.84. The van der Waals surface area contributed by atoms with Gasteiger partial charge in [0, 0.05) is 47.9 Å². The third kappa shape index (κ3) is 4.26. The lowest BCUT2D eigenvalue weighted by molar-refractivity contribution is 0.0747. The average molecular weight is 417 g/mol. The lowest BCUT2D eigenvalue weighted by Crippen LogP contribution is -2.48. The summed E-state index contributed by atoms with van der Waals surface area (Å²) in [6.45, 7) is 2.90. The van der Waals surface area contributed by atoms with E-state index in [1.807, 2.05) is 53.4 Å². The van der Waals surface area contributed by atoms with Gasteiger partial charge < -0.3 is 9.80 Å². The summed E-state index contributed by atoms with van der Waals surface area (Å²) in [5, 5.41) is 0. The lowest BCUT2D eigenvalue weighted by Gasteiger charge is -2.36. The summed E-state index contributed by atoms with van der Waals surface area (Å²) in [5.41, 5.74) is 4.54. The smallest absolute Gasteiger partial charge is 0.254 e. The number of aldehydes is 1. The fraction of sp³-hybridized carbons (Fsp3) is 0.200. The highest BCUT2D eigenvalue weighted by Crippen LogP contribution is 2.27. The summed E-state index contributed by atoms with van der Waals surface area (Å²) < 4.78 is 0. The fourth-order valence-electron chi connectivity index (χ4n) is 3.79. The minimum atomic E-state index is 0.0792. The van der Waals surface area contributed by atoms with Crippen LogP contribution >= 0.6 is 11.8 Å². The number of hydrogen-bond donors (Lipinski definition) is 0. The summed E-state index contributed by atoms with van der Waals surface area (Å²) in [7, 11) is 0. The van der Waals surface area contributed by atoms with Crippen molar-refractivity contribution in [2.75, 3.05) is 37.3 Å². The van der Waals surface area contributed by atoms with Crippen molar-refractivity contribution in [3.05, 3.63) is 83.9 Å². The maximum atomic E-state index is 13.3. The summed E-state index contributed by atoms with van der Waals surface area (Å²) in [5.74, 6) is 0.0792. The number of nitrogens with zero attached hydrogens (tertiary/aromatic N) is 2. The zero-order chi connectivity index (χ0) is 20.9. The van der Waals surface area contributed by atoms with Gasteiger partial charge in [-0.2, -0.15) is 0 Å². The molecule has 1 heterocycles. The molecular formula is C25H24N2O2S. The Labute approximate surface area is 181 Å². The molecule has 4 rings (SSSR count). The molecule has 0 aromatic heterocycles. The van der Waals surface area contributed by atoms with Crippen LogP contribution < -0.4 is 4.90 Å². The van der Waals surface area contributed by atoms with Gasteiger partial charge in [-0.25, -0.2) is 0 Å². The highest BCUT2D eigenvalue weighted by atomic mass is 32.2. The SMILES string of the molecule is CSc1ccc(-c2ccccc2C(=O)N2CCN(c3ccc(C=O)cc3)CC2)cc1. The molecule has 0 saturated carbocycles. The monoisotopic (exact) mass is 416 g/mol. The van der Waals surface area contributed by atoms with Crippen molar-refractivity contribution in [1.82, 2.24) is 4.90 Å². The molecule has 1 amide bonds. The van der Waals surface area contributed by atoms with Gasteiger partial charge in [0.05, 0.1) is 0 Å². The fourth-order valence-corrected chi connectivity index (χ4v) is 4.20. The van der Waals surface area contributed by atoms with E-state index in [0.29, 0.717) is 18.7 Å². The van der Waals surface area contributed by atoms with E-state index in [2.05, 4.69) is 35.4 Å². The minimum Gasteiger partial charge on any atom is -0.368 e. The number of thioether (sulfide) groups is 1. The molecule has 3 aromatic rings. The van der Waals surface area contributed by atoms with E-state index >= 15 is 0 Å². The van der Waals surface area contributed by atoms with E-state index in [4.69, 9.17) is 0 Å². The summed E-state index contributed by atoms with van der Waals surface area (Å²) in [6.07, 6.45) is 2.91. The largest absolute Gasteiger partial charge is 0.368 e. The molecule has 0 radical (unpaired) electrons. The molecule has 0 spiro atoms. The second-order valence-electron chi connectivity index (χ2n) is 7.26. The van der Waals surface area contributed by atoms with Crippen LogP contribution in [0, 0.1) is 0 Å². The molecule has 4 nitrogen and oxygen atoms in total. The maximum Gasteiger partial charge on any atom is 0.254 e. The standard InChI is InChI=1S/C25H24N2O2S/c1-30-22-12-8-20(9-13-22)23-4-2-3-5-24(23)25(29)27-16-14-26(15-17-27)21-10-6-19(18-28)7-11-21/h2-13,18H,14-17H2,1H3. The molecule has 1 saturated heterocycles. The third-order valence-electron chi connectivity index (χ3n) is 5.52. The van der Waals surface area contributed by atoms with Crippen LogP contribution in [0.1, 0.15) is 20.7 Å². The number of hydrogen-bond acceptors (Lipinski definition) is 4. The van der Waals surface area contributed by atoms with Crippen LogP contribution in [-0.4, -0.2) is 49.5 Å². The van der Waals surface area contributed by atoms with Crippen LogP contribution in [0.15, 0.2) is 77.7 Å². The number of piperazine rings is 1. The second-order valence-corrected chi connectivity index (χ2v) is 8.14. The molecule has 5 heteroatoms. The Morgan fingerprint density at radius 2 is 1.53 bits per heavy atom. The highest BCUT2D eigenvalue weighted by molar-refractivity contribution is 7.98. The Balaban J connectivity index is 1.48. The van der Waals surface area contributed by atoms with Gasteiger partial charge in [-0.05, 0) is 59.8 Å². The number of anilines is 1. The van der Waals surface area contributed by atoms with Gasteiger partial charge in [-0.1, -0.05) is 30.3 Å². The molecule has 1 fully saturated rings. The Kier molecular flexibility index (Phi) is 6.19. The van der Waals surface area contributed by atoms with Crippen LogP contribution in [0.5, 0.6) is 0 Å². The quantitative estimate of drug-likeness (QED) is 0.440. The number of carbonyl (C=O) groups excluding carboxylic acids is 2. The van der Waals surface area contributed by atoms with Crippen molar-refractivity contribution in [3.63, 3.8) is 0 Å². The van der Waals surface area contributed by atoms with Crippen LogP contribution in [-0.2, 0) is 0 Å². The first kappa shape index (κ1) is 20.2. The van der Waals surface area contributed by atoms with Crippen molar-refractivity contribution in [3.8, 4) is 11.1 Å². The zero-order valence-electron chi connectivity index (χ0n) is 17.0. The van der Waals surface area contributed by atoms with Crippen molar-refractivity contribution in [2.45, 2.75) is 4.90 Å². The van der Waals surface area contributed by atoms with Crippen molar-refractivity contribution in [2.24, 2.45) is 0 Å². The topological polar surface area (TPSA) is 40.6 Å². The highest BCUT2D eigenvalue weighted by Gasteiger charge is 2.24. The van der Waals surface area contributed by atoms with Gasteiger partial charge >= 0.3 is 0 Å². The van der Waals surface area contributed by atoms with Gasteiger partial charge in [0.25, 0.3) is 5.91 Å². The first-order chi connectivity index (χ1) is 14.7. The summed E-state index contributed by atoms with van der Waals surface area (Å²) in [4.78, 5) is 29.6. The van der Waals surface area contributed by atoms with Crippen LogP contribution in [0.4, 0.5) is 5.69 Å². The maximum absolute atomic E-state index is 13.3. The molecule has 1 aliphatic rings. The van der Waals surface area contributed by atoms with Crippen molar-refractivity contribution >= 4 is 29.6 Å². The van der Waals surface area contributed by atoms with Gasteiger partial charge in [0.2, 0.25) is 0 Å². The molecule has 3 aromatic carbocycles. The second kappa shape index (κ2) is 9.18. The van der Waals surface area contributed by atoms with Crippen molar-refractivity contribution < 1.29 is 9.59 Å². The first-order valence-electron chi connectivity index (χ1n) is 10.0. The van der Waals surface area contributed by atoms with E-state index in [1.54, 1.807) is 11.8 Å². The minimum absolute atomic E-state index is 0.0792. The summed E-state index contributed by atoms with van der Waals surface area (Å²) >= 11 is 1.71. The Bertz CT molecular complexity index is 1020. The zero-order valence-corrected chi connectivity index (χ0v) is 17.8. The van der Waals surface area contributed by atoms with E-state index < -0.39 is 0 Å². The van der Waals surface area contributed by atoms with Gasteiger partial charge in [0.15, 0.2) is 0 Å². The van der Waals surface area contributed by atoms with E-state index in [-0.39, 0.29) is 5.91 Å². The lowest BCUT2D eigenvalue weighted by atomic mass is 9.98. The van der Waals surface area contributed by atoms with Crippen molar-refractivity contribution in [1.29, 1.82) is 0 Å². The van der Waals surface area contributed by atoms with Gasteiger partial charge in [-0.15, -0.1) is 11.8 Å². The molecule has 0 atom stereocenters. The molecule has 30 heavy (non-hydrogen) atoms. The predicted molar refractivity (Wildman–Crippen MR) is 124 cm³/mol. The Hall–Kier alpha value is -3.05. The normalized spacial score (nSPS) is 13.9. The number of rotatable bonds is 5. The molecule has 0 unspecified atom stereocenters.